The number of hydrogen-bond donors (Lipinski definition) is 0. The highest BCUT2D eigenvalue weighted by molar-refractivity contribution is 5.85. The van der Waals surface area contributed by atoms with Crippen LogP contribution in [-0.4, -0.2) is 31.7 Å². The molecule has 0 aliphatic rings. The zero-order valence-corrected chi connectivity index (χ0v) is 8.89. The first-order chi connectivity index (χ1) is 5.27. The van der Waals surface area contributed by atoms with Crippen LogP contribution in [0, 0.1) is 0 Å². The van der Waals surface area contributed by atoms with Gasteiger partial charge in [0.15, 0.2) is 0 Å². The third kappa shape index (κ3) is 12.2. The third-order valence-electron chi connectivity index (χ3n) is 1.19. The first kappa shape index (κ1) is 14.0. The summed E-state index contributed by atoms with van der Waals surface area (Å²) in [6.45, 7) is 3.03. The van der Waals surface area contributed by atoms with Gasteiger partial charge in [0, 0.05) is 20.6 Å². The molecule has 0 atom stereocenters. The zero-order valence-electron chi connectivity index (χ0n) is 8.08. The van der Waals surface area contributed by atoms with E-state index >= 15 is 0 Å². The van der Waals surface area contributed by atoms with E-state index in [-0.39, 0.29) is 12.4 Å². The van der Waals surface area contributed by atoms with E-state index in [1.54, 1.807) is 5.01 Å². The predicted molar refractivity (Wildman–Crippen MR) is 55.2 cm³/mol. The van der Waals surface area contributed by atoms with Crippen molar-refractivity contribution in [2.24, 2.45) is 10.1 Å². The molecule has 0 saturated heterocycles. The summed E-state index contributed by atoms with van der Waals surface area (Å²) in [5.74, 6) is 0. The number of halogens is 1. The van der Waals surface area contributed by atoms with Crippen LogP contribution >= 0.6 is 12.4 Å². The van der Waals surface area contributed by atoms with Crippen LogP contribution < -0.4 is 0 Å². The van der Waals surface area contributed by atoms with Crippen LogP contribution in [0.2, 0.25) is 0 Å². The fraction of sp³-hybridized carbons (Fsp3) is 0.875. The molecule has 0 unspecified atom stereocenters. The van der Waals surface area contributed by atoms with Gasteiger partial charge in [0.05, 0.1) is 0 Å². The summed E-state index contributed by atoms with van der Waals surface area (Å²) >= 11 is 0. The van der Waals surface area contributed by atoms with Crippen molar-refractivity contribution in [2.45, 2.75) is 26.2 Å². The van der Waals surface area contributed by atoms with Crippen LogP contribution in [-0.2, 0) is 0 Å². The molecule has 0 aromatic carbocycles. The lowest BCUT2D eigenvalue weighted by atomic mass is 10.3. The topological polar surface area (TPSA) is 28.0 Å². The lowest BCUT2D eigenvalue weighted by Crippen LogP contribution is -1.99. The van der Waals surface area contributed by atoms with E-state index in [1.165, 1.54) is 12.8 Å². The monoisotopic (exact) mass is 191 g/mol. The van der Waals surface area contributed by atoms with Gasteiger partial charge in [-0.3, -0.25) is 5.01 Å². The SMILES string of the molecule is CCCCCN=C=NN(C)C.Cl. The summed E-state index contributed by atoms with van der Waals surface area (Å²) in [5, 5.41) is 5.52. The van der Waals surface area contributed by atoms with Gasteiger partial charge in [-0.25, -0.2) is 4.99 Å². The van der Waals surface area contributed by atoms with E-state index in [0.29, 0.717) is 0 Å². The van der Waals surface area contributed by atoms with E-state index in [9.17, 15) is 0 Å². The van der Waals surface area contributed by atoms with Gasteiger partial charge < -0.3 is 0 Å². The van der Waals surface area contributed by atoms with Gasteiger partial charge in [0.25, 0.3) is 0 Å². The molecule has 0 aromatic heterocycles. The Morgan fingerprint density at radius 2 is 1.92 bits per heavy atom. The van der Waals surface area contributed by atoms with Crippen LogP contribution in [0.25, 0.3) is 0 Å². The Balaban J connectivity index is 0. The summed E-state index contributed by atoms with van der Waals surface area (Å²) in [6, 6.07) is 2.62. The van der Waals surface area contributed by atoms with E-state index in [2.05, 4.69) is 23.0 Å². The largest absolute Gasteiger partial charge is 0.294 e. The fourth-order valence-electron chi connectivity index (χ4n) is 0.612. The highest BCUT2D eigenvalue weighted by atomic mass is 35.5. The Kier molecular flexibility index (Phi) is 12.2. The molecule has 0 aromatic rings. The first-order valence-electron chi connectivity index (χ1n) is 4.06. The molecule has 0 fully saturated rings. The maximum atomic E-state index is 3.99. The van der Waals surface area contributed by atoms with Crippen LogP contribution in [0.5, 0.6) is 0 Å². The van der Waals surface area contributed by atoms with E-state index in [0.717, 1.165) is 13.0 Å². The van der Waals surface area contributed by atoms with Crippen LogP contribution in [0.4, 0.5) is 0 Å². The summed E-state index contributed by atoms with van der Waals surface area (Å²) in [5.41, 5.74) is 0. The lowest BCUT2D eigenvalue weighted by molar-refractivity contribution is 0.440. The molecule has 0 radical (unpaired) electrons. The molecule has 72 valence electrons. The van der Waals surface area contributed by atoms with Crippen molar-refractivity contribution in [1.82, 2.24) is 5.01 Å². The minimum atomic E-state index is 0. The summed E-state index contributed by atoms with van der Waals surface area (Å²) < 4.78 is 0. The van der Waals surface area contributed by atoms with Gasteiger partial charge in [-0.05, 0) is 6.42 Å². The highest BCUT2D eigenvalue weighted by Gasteiger charge is 1.80. The quantitative estimate of drug-likeness (QED) is 0.372. The second-order valence-corrected chi connectivity index (χ2v) is 2.64. The second kappa shape index (κ2) is 10.5. The minimum Gasteiger partial charge on any atom is -0.294 e. The van der Waals surface area contributed by atoms with Crippen molar-refractivity contribution in [3.8, 4) is 0 Å². The Hall–Kier alpha value is -0.530. The average Bonchev–Trinajstić information content (AvgIpc) is 1.96. The molecule has 0 heterocycles. The Bertz CT molecular complexity index is 139. The smallest absolute Gasteiger partial charge is 0.114 e. The van der Waals surface area contributed by atoms with Gasteiger partial charge in [-0.15, -0.1) is 17.5 Å². The molecule has 0 bridgehead atoms. The number of hydrazone groups is 1. The molecule has 12 heavy (non-hydrogen) atoms. The number of unbranched alkanes of at least 4 members (excludes halogenated alkanes) is 2. The first-order valence-corrected chi connectivity index (χ1v) is 4.06. The van der Waals surface area contributed by atoms with Crippen LogP contribution in [0.15, 0.2) is 10.1 Å². The van der Waals surface area contributed by atoms with Gasteiger partial charge >= 0.3 is 0 Å². The Labute approximate surface area is 81.0 Å². The fourth-order valence-corrected chi connectivity index (χ4v) is 0.612. The second-order valence-electron chi connectivity index (χ2n) is 2.64. The molecule has 4 heteroatoms. The molecular formula is C8H18ClN3. The molecule has 0 amide bonds. The molecule has 0 rings (SSSR count). The molecular weight excluding hydrogens is 174 g/mol. The Morgan fingerprint density at radius 3 is 2.42 bits per heavy atom. The predicted octanol–water partition coefficient (Wildman–Crippen LogP) is 2.25. The van der Waals surface area contributed by atoms with Gasteiger partial charge in [0.2, 0.25) is 0 Å². The highest BCUT2D eigenvalue weighted by Crippen LogP contribution is 1.92. The molecule has 0 aliphatic heterocycles. The van der Waals surface area contributed by atoms with Crippen molar-refractivity contribution in [3.63, 3.8) is 0 Å². The van der Waals surface area contributed by atoms with Crippen molar-refractivity contribution < 1.29 is 0 Å². The minimum absolute atomic E-state index is 0. The molecule has 3 nitrogen and oxygen atoms in total. The summed E-state index contributed by atoms with van der Waals surface area (Å²) in [7, 11) is 3.71. The van der Waals surface area contributed by atoms with Gasteiger partial charge in [-0.1, -0.05) is 19.8 Å². The van der Waals surface area contributed by atoms with E-state index in [1.807, 2.05) is 14.1 Å². The number of rotatable bonds is 5. The van der Waals surface area contributed by atoms with Crippen LogP contribution in [0.1, 0.15) is 26.2 Å². The van der Waals surface area contributed by atoms with Gasteiger partial charge in [-0.2, -0.15) is 0 Å². The standard InChI is InChI=1S/C8H17N3.ClH/c1-4-5-6-7-9-8-10-11(2)3;/h4-7H2,1-3H3;1H. The third-order valence-corrected chi connectivity index (χ3v) is 1.19. The molecule has 0 aliphatic carbocycles. The number of hydrogen-bond acceptors (Lipinski definition) is 3. The molecule has 0 N–H and O–H groups in total. The zero-order chi connectivity index (χ0) is 8.53. The van der Waals surface area contributed by atoms with Crippen molar-refractivity contribution in [3.05, 3.63) is 0 Å². The normalized spacial score (nSPS) is 7.92. The lowest BCUT2D eigenvalue weighted by Gasteiger charge is -1.96. The van der Waals surface area contributed by atoms with Crippen molar-refractivity contribution in [1.29, 1.82) is 0 Å². The maximum absolute atomic E-state index is 3.99. The van der Waals surface area contributed by atoms with E-state index in [4.69, 9.17) is 0 Å². The Morgan fingerprint density at radius 1 is 1.25 bits per heavy atom. The molecule has 0 saturated carbocycles. The number of aliphatic imine (C=N–C) groups is 1. The maximum Gasteiger partial charge on any atom is 0.114 e. The number of nitrogens with zero attached hydrogens (tertiary/aromatic N) is 3. The van der Waals surface area contributed by atoms with Crippen molar-refractivity contribution >= 4 is 18.4 Å². The van der Waals surface area contributed by atoms with Crippen LogP contribution in [0.3, 0.4) is 0 Å². The average molecular weight is 192 g/mol. The van der Waals surface area contributed by atoms with Crippen molar-refractivity contribution in [2.75, 3.05) is 20.6 Å². The summed E-state index contributed by atoms with van der Waals surface area (Å²) in [4.78, 5) is 3.99. The summed E-state index contributed by atoms with van der Waals surface area (Å²) in [6.07, 6.45) is 3.62. The van der Waals surface area contributed by atoms with Gasteiger partial charge in [0.1, 0.15) is 6.01 Å². The molecule has 0 spiro atoms. The van der Waals surface area contributed by atoms with E-state index < -0.39 is 0 Å².